The fourth-order valence-electron chi connectivity index (χ4n) is 2.16. The van der Waals surface area contributed by atoms with Crippen LogP contribution >= 0.6 is 15.9 Å². The van der Waals surface area contributed by atoms with Gasteiger partial charge in [0, 0.05) is 10.0 Å². The Kier molecular flexibility index (Phi) is 3.25. The minimum absolute atomic E-state index is 0.0446. The summed E-state index contributed by atoms with van der Waals surface area (Å²) in [5, 5.41) is 2.93. The number of carbonyl (C=O) groups excluding carboxylic acids is 1. The second kappa shape index (κ2) is 5.05. The van der Waals surface area contributed by atoms with Crippen molar-refractivity contribution in [3.63, 3.8) is 0 Å². The third-order valence-corrected chi connectivity index (χ3v) is 3.84. The summed E-state index contributed by atoms with van der Waals surface area (Å²) in [6, 6.07) is 15.2. The minimum atomic E-state index is -0.247. The molecule has 3 nitrogen and oxygen atoms in total. The van der Waals surface area contributed by atoms with Gasteiger partial charge >= 0.3 is 0 Å². The monoisotopic (exact) mass is 317 g/mol. The zero-order chi connectivity index (χ0) is 13.2. The zero-order valence-electron chi connectivity index (χ0n) is 10.1. The van der Waals surface area contributed by atoms with Gasteiger partial charge in [0.15, 0.2) is 0 Å². The third kappa shape index (κ3) is 2.36. The number of carbonyl (C=O) groups is 1. The van der Waals surface area contributed by atoms with E-state index in [1.807, 2.05) is 48.5 Å². The predicted octanol–water partition coefficient (Wildman–Crippen LogP) is 3.56. The van der Waals surface area contributed by atoms with Gasteiger partial charge in [-0.2, -0.15) is 0 Å². The molecule has 3 rings (SSSR count). The summed E-state index contributed by atoms with van der Waals surface area (Å²) in [4.78, 5) is 12.3. The molecule has 0 saturated carbocycles. The van der Waals surface area contributed by atoms with Crippen molar-refractivity contribution in [2.45, 2.75) is 5.92 Å². The van der Waals surface area contributed by atoms with E-state index in [1.165, 1.54) is 0 Å². The van der Waals surface area contributed by atoms with Crippen LogP contribution in [0.25, 0.3) is 0 Å². The van der Waals surface area contributed by atoms with Crippen molar-refractivity contribution < 1.29 is 9.53 Å². The lowest BCUT2D eigenvalue weighted by Crippen LogP contribution is -2.22. The van der Waals surface area contributed by atoms with Crippen LogP contribution in [0.2, 0.25) is 0 Å². The lowest BCUT2D eigenvalue weighted by Gasteiger charge is -2.11. The highest BCUT2D eigenvalue weighted by Crippen LogP contribution is 2.34. The van der Waals surface area contributed by atoms with E-state index < -0.39 is 0 Å². The third-order valence-electron chi connectivity index (χ3n) is 3.15. The van der Waals surface area contributed by atoms with Crippen molar-refractivity contribution in [1.29, 1.82) is 0 Å². The Hall–Kier alpha value is -1.81. The van der Waals surface area contributed by atoms with Crippen molar-refractivity contribution >= 4 is 27.5 Å². The maximum Gasteiger partial charge on any atom is 0.235 e. The molecule has 19 heavy (non-hydrogen) atoms. The number of hydrogen-bond donors (Lipinski definition) is 1. The number of nitrogens with one attached hydrogen (secondary N) is 1. The van der Waals surface area contributed by atoms with Crippen LogP contribution in [-0.2, 0) is 4.79 Å². The smallest absolute Gasteiger partial charge is 0.235 e. The molecular formula is C15H12BrNO2. The summed E-state index contributed by atoms with van der Waals surface area (Å²) in [6.45, 7) is 0.398. The molecule has 2 aromatic carbocycles. The van der Waals surface area contributed by atoms with Crippen LogP contribution in [-0.4, -0.2) is 12.5 Å². The number of ether oxygens (including phenoxy) is 1. The number of rotatable bonds is 2. The van der Waals surface area contributed by atoms with E-state index in [2.05, 4.69) is 21.2 Å². The van der Waals surface area contributed by atoms with Gasteiger partial charge in [0.25, 0.3) is 0 Å². The van der Waals surface area contributed by atoms with Crippen molar-refractivity contribution in [2.24, 2.45) is 0 Å². The molecule has 1 unspecified atom stereocenters. The number of benzene rings is 2. The van der Waals surface area contributed by atoms with Gasteiger partial charge in [-0.1, -0.05) is 30.3 Å². The number of anilines is 1. The number of amides is 1. The van der Waals surface area contributed by atoms with E-state index in [0.717, 1.165) is 21.5 Å². The molecule has 96 valence electrons. The van der Waals surface area contributed by atoms with Gasteiger partial charge in [-0.25, -0.2) is 0 Å². The normalized spacial score (nSPS) is 16.6. The number of halogens is 1. The molecule has 4 heteroatoms. The largest absolute Gasteiger partial charge is 0.492 e. The summed E-state index contributed by atoms with van der Waals surface area (Å²) in [7, 11) is 0. The van der Waals surface area contributed by atoms with Crippen LogP contribution in [0.1, 0.15) is 11.5 Å². The molecule has 0 spiro atoms. The molecule has 0 bridgehead atoms. The molecule has 0 aromatic heterocycles. The average molecular weight is 318 g/mol. The lowest BCUT2D eigenvalue weighted by molar-refractivity contribution is -0.117. The molecule has 0 aliphatic carbocycles. The van der Waals surface area contributed by atoms with E-state index >= 15 is 0 Å². The highest BCUT2D eigenvalue weighted by Gasteiger charge is 2.30. The van der Waals surface area contributed by atoms with Crippen molar-refractivity contribution in [1.82, 2.24) is 0 Å². The molecule has 1 atom stereocenters. The second-order valence-corrected chi connectivity index (χ2v) is 5.22. The molecule has 2 aromatic rings. The molecule has 1 aliphatic heterocycles. The first-order chi connectivity index (χ1) is 9.25. The molecule has 1 heterocycles. The maximum absolute atomic E-state index is 12.3. The van der Waals surface area contributed by atoms with Crippen molar-refractivity contribution in [3.8, 4) is 5.75 Å². The Balaban J connectivity index is 1.81. The van der Waals surface area contributed by atoms with Crippen LogP contribution in [0, 0.1) is 0 Å². The summed E-state index contributed by atoms with van der Waals surface area (Å²) < 4.78 is 6.40. The summed E-state index contributed by atoms with van der Waals surface area (Å²) in [6.07, 6.45) is 0. The van der Waals surface area contributed by atoms with E-state index in [1.54, 1.807) is 0 Å². The standard InChI is InChI=1S/C15H12BrNO2/c16-12-6-2-3-7-13(12)17-15(18)11-9-19-14-8-4-1-5-10(11)14/h1-8,11H,9H2,(H,17,18). The number of para-hydroxylation sites is 2. The van der Waals surface area contributed by atoms with Crippen LogP contribution in [0.3, 0.4) is 0 Å². The Bertz CT molecular complexity index is 627. The first-order valence-electron chi connectivity index (χ1n) is 6.03. The molecule has 0 fully saturated rings. The molecule has 0 saturated heterocycles. The second-order valence-electron chi connectivity index (χ2n) is 4.37. The Labute approximate surface area is 119 Å². The molecule has 1 amide bonds. The van der Waals surface area contributed by atoms with E-state index in [-0.39, 0.29) is 11.8 Å². The minimum Gasteiger partial charge on any atom is -0.492 e. The molecular weight excluding hydrogens is 306 g/mol. The van der Waals surface area contributed by atoms with Gasteiger partial charge in [-0.05, 0) is 34.1 Å². The van der Waals surface area contributed by atoms with Crippen molar-refractivity contribution in [2.75, 3.05) is 11.9 Å². The lowest BCUT2D eigenvalue weighted by atomic mass is 10.0. The van der Waals surface area contributed by atoms with Crippen LogP contribution < -0.4 is 10.1 Å². The SMILES string of the molecule is O=C(Nc1ccccc1Br)C1COc2ccccc21. The topological polar surface area (TPSA) is 38.3 Å². The average Bonchev–Trinajstić information content (AvgIpc) is 2.85. The van der Waals surface area contributed by atoms with Crippen molar-refractivity contribution in [3.05, 3.63) is 58.6 Å². The van der Waals surface area contributed by atoms with E-state index in [4.69, 9.17) is 4.74 Å². The molecule has 1 aliphatic rings. The van der Waals surface area contributed by atoms with Gasteiger partial charge < -0.3 is 10.1 Å². The quantitative estimate of drug-likeness (QED) is 0.919. The Morgan fingerprint density at radius 3 is 2.74 bits per heavy atom. The molecule has 0 radical (unpaired) electrons. The van der Waals surface area contributed by atoms with Gasteiger partial charge in [0.2, 0.25) is 5.91 Å². The fraction of sp³-hybridized carbons (Fsp3) is 0.133. The fourth-order valence-corrected chi connectivity index (χ4v) is 2.55. The van der Waals surface area contributed by atoms with Crippen LogP contribution in [0.15, 0.2) is 53.0 Å². The number of fused-ring (bicyclic) bond motifs is 1. The summed E-state index contributed by atoms with van der Waals surface area (Å²) >= 11 is 3.42. The van der Waals surface area contributed by atoms with Crippen LogP contribution in [0.5, 0.6) is 5.75 Å². The predicted molar refractivity (Wildman–Crippen MR) is 77.4 cm³/mol. The van der Waals surface area contributed by atoms with Gasteiger partial charge in [-0.15, -0.1) is 0 Å². The molecule has 1 N–H and O–H groups in total. The maximum atomic E-state index is 12.3. The summed E-state index contributed by atoms with van der Waals surface area (Å²) in [5.74, 6) is 0.509. The first-order valence-corrected chi connectivity index (χ1v) is 6.82. The van der Waals surface area contributed by atoms with E-state index in [9.17, 15) is 4.79 Å². The van der Waals surface area contributed by atoms with Gasteiger partial charge in [0.05, 0.1) is 5.69 Å². The zero-order valence-corrected chi connectivity index (χ0v) is 11.7. The summed E-state index contributed by atoms with van der Waals surface area (Å²) in [5.41, 5.74) is 1.73. The highest BCUT2D eigenvalue weighted by atomic mass is 79.9. The Morgan fingerprint density at radius 1 is 1.16 bits per heavy atom. The van der Waals surface area contributed by atoms with E-state index in [0.29, 0.717) is 6.61 Å². The van der Waals surface area contributed by atoms with Gasteiger partial charge in [-0.3, -0.25) is 4.79 Å². The Morgan fingerprint density at radius 2 is 1.89 bits per heavy atom. The highest BCUT2D eigenvalue weighted by molar-refractivity contribution is 9.10. The van der Waals surface area contributed by atoms with Crippen LogP contribution in [0.4, 0.5) is 5.69 Å². The number of hydrogen-bond acceptors (Lipinski definition) is 2. The first kappa shape index (κ1) is 12.2. The van der Waals surface area contributed by atoms with Gasteiger partial charge in [0.1, 0.15) is 18.3 Å².